The molecule has 0 aliphatic rings. The van der Waals surface area contributed by atoms with Crippen molar-refractivity contribution in [2.45, 2.75) is 0 Å². The first-order valence-electron chi connectivity index (χ1n) is 2.14. The zero-order valence-electron chi connectivity index (χ0n) is 4.28. The van der Waals surface area contributed by atoms with Gasteiger partial charge in [0.2, 0.25) is 0 Å². The van der Waals surface area contributed by atoms with Gasteiger partial charge in [-0.3, -0.25) is 0 Å². The summed E-state index contributed by atoms with van der Waals surface area (Å²) in [7, 11) is 0. The molecule has 0 atom stereocenters. The fourth-order valence-electron chi connectivity index (χ4n) is 0.428. The van der Waals surface area contributed by atoms with Crippen molar-refractivity contribution < 1.29 is 9.90 Å². The SMILES string of the molecule is O=C(O)n1ccnc1Br. The second kappa shape index (κ2) is 2.18. The molecule has 0 aliphatic carbocycles. The predicted molar refractivity (Wildman–Crippen MR) is 33.3 cm³/mol. The van der Waals surface area contributed by atoms with Crippen LogP contribution in [0.25, 0.3) is 0 Å². The van der Waals surface area contributed by atoms with Gasteiger partial charge in [0.05, 0.1) is 0 Å². The number of aromatic nitrogens is 2. The zero-order valence-corrected chi connectivity index (χ0v) is 5.87. The van der Waals surface area contributed by atoms with Crippen LogP contribution in [0.3, 0.4) is 0 Å². The van der Waals surface area contributed by atoms with E-state index in [1.807, 2.05) is 0 Å². The van der Waals surface area contributed by atoms with Crippen LogP contribution in [0, 0.1) is 0 Å². The monoisotopic (exact) mass is 190 g/mol. The molecule has 48 valence electrons. The molecular weight excluding hydrogens is 188 g/mol. The molecule has 1 rings (SSSR count). The van der Waals surface area contributed by atoms with Gasteiger partial charge >= 0.3 is 6.09 Å². The van der Waals surface area contributed by atoms with Gasteiger partial charge in [-0.15, -0.1) is 0 Å². The van der Waals surface area contributed by atoms with Crippen LogP contribution in [0.5, 0.6) is 0 Å². The normalized spacial score (nSPS) is 9.44. The molecule has 0 bridgehead atoms. The highest BCUT2D eigenvalue weighted by molar-refractivity contribution is 9.10. The predicted octanol–water partition coefficient (Wildman–Crippen LogP) is 1.17. The maximum Gasteiger partial charge on any atom is 0.417 e. The van der Waals surface area contributed by atoms with Gasteiger partial charge in [0.25, 0.3) is 0 Å². The van der Waals surface area contributed by atoms with Crippen molar-refractivity contribution in [2.75, 3.05) is 0 Å². The van der Waals surface area contributed by atoms with E-state index in [4.69, 9.17) is 5.11 Å². The molecule has 0 aromatic carbocycles. The summed E-state index contributed by atoms with van der Waals surface area (Å²) in [5.41, 5.74) is 0. The Bertz CT molecular complexity index is 232. The number of rotatable bonds is 0. The largest absolute Gasteiger partial charge is 0.464 e. The van der Waals surface area contributed by atoms with Crippen LogP contribution < -0.4 is 0 Å². The van der Waals surface area contributed by atoms with E-state index in [1.54, 1.807) is 0 Å². The third-order valence-electron chi connectivity index (χ3n) is 0.802. The Labute approximate surface area is 59.3 Å². The highest BCUT2D eigenvalue weighted by atomic mass is 79.9. The molecule has 1 aromatic heterocycles. The summed E-state index contributed by atoms with van der Waals surface area (Å²) in [6.45, 7) is 0. The Balaban J connectivity index is 3.08. The van der Waals surface area contributed by atoms with E-state index in [1.165, 1.54) is 12.4 Å². The number of carbonyl (C=O) groups is 1. The van der Waals surface area contributed by atoms with Crippen molar-refractivity contribution >= 4 is 22.0 Å². The highest BCUT2D eigenvalue weighted by Gasteiger charge is 2.03. The molecule has 9 heavy (non-hydrogen) atoms. The molecule has 0 aliphatic heterocycles. The minimum Gasteiger partial charge on any atom is -0.464 e. The smallest absolute Gasteiger partial charge is 0.417 e. The lowest BCUT2D eigenvalue weighted by atomic mass is 10.9. The van der Waals surface area contributed by atoms with Gasteiger partial charge in [-0.05, 0) is 15.9 Å². The van der Waals surface area contributed by atoms with Crippen LogP contribution in [0.1, 0.15) is 0 Å². The Kier molecular flexibility index (Phi) is 1.52. The lowest BCUT2D eigenvalue weighted by Crippen LogP contribution is -2.05. The molecule has 0 fully saturated rings. The minimum absolute atomic E-state index is 0.301. The van der Waals surface area contributed by atoms with E-state index in [9.17, 15) is 4.79 Å². The van der Waals surface area contributed by atoms with Gasteiger partial charge in [0, 0.05) is 12.4 Å². The fourth-order valence-corrected chi connectivity index (χ4v) is 0.816. The summed E-state index contributed by atoms with van der Waals surface area (Å²) < 4.78 is 1.27. The summed E-state index contributed by atoms with van der Waals surface area (Å²) in [6, 6.07) is 0. The van der Waals surface area contributed by atoms with Crippen LogP contribution in [-0.2, 0) is 0 Å². The summed E-state index contributed by atoms with van der Waals surface area (Å²) in [6.07, 6.45) is 1.71. The van der Waals surface area contributed by atoms with Crippen LogP contribution in [0.4, 0.5) is 4.79 Å². The van der Waals surface area contributed by atoms with Gasteiger partial charge in [0.15, 0.2) is 4.73 Å². The molecule has 5 heteroatoms. The second-order valence-electron chi connectivity index (χ2n) is 1.35. The standard InChI is InChI=1S/C4H3BrN2O2/c5-3-6-1-2-7(3)4(8)9/h1-2H,(H,8,9). The number of halogens is 1. The Hall–Kier alpha value is -0.840. The van der Waals surface area contributed by atoms with E-state index in [2.05, 4.69) is 20.9 Å². The van der Waals surface area contributed by atoms with Crippen LogP contribution >= 0.6 is 15.9 Å². The first-order chi connectivity index (χ1) is 4.22. The van der Waals surface area contributed by atoms with Crippen molar-refractivity contribution in [1.29, 1.82) is 0 Å². The summed E-state index contributed by atoms with van der Waals surface area (Å²) in [4.78, 5) is 13.8. The Morgan fingerprint density at radius 1 is 1.89 bits per heavy atom. The molecule has 1 N–H and O–H groups in total. The maximum atomic E-state index is 10.2. The first-order valence-corrected chi connectivity index (χ1v) is 2.93. The van der Waals surface area contributed by atoms with Crippen LogP contribution in [0.15, 0.2) is 17.1 Å². The molecule has 0 radical (unpaired) electrons. The maximum absolute atomic E-state index is 10.2. The number of imidazole rings is 1. The van der Waals surface area contributed by atoms with Crippen LogP contribution in [0.2, 0.25) is 0 Å². The van der Waals surface area contributed by atoms with Crippen molar-refractivity contribution in [3.05, 3.63) is 17.1 Å². The second-order valence-corrected chi connectivity index (χ2v) is 2.06. The molecule has 0 saturated carbocycles. The number of hydrogen-bond donors (Lipinski definition) is 1. The molecule has 0 saturated heterocycles. The van der Waals surface area contributed by atoms with E-state index in [0.717, 1.165) is 4.57 Å². The van der Waals surface area contributed by atoms with Gasteiger partial charge in [-0.25, -0.2) is 14.3 Å². The summed E-state index contributed by atoms with van der Waals surface area (Å²) >= 11 is 2.94. The lowest BCUT2D eigenvalue weighted by Gasteiger charge is -1.90. The molecule has 0 spiro atoms. The third-order valence-corrected chi connectivity index (χ3v) is 1.39. The van der Waals surface area contributed by atoms with E-state index in [-0.39, 0.29) is 0 Å². The van der Waals surface area contributed by atoms with Gasteiger partial charge in [-0.2, -0.15) is 0 Å². The average molecular weight is 191 g/mol. The molecule has 0 unspecified atom stereocenters. The van der Waals surface area contributed by atoms with Gasteiger partial charge < -0.3 is 5.11 Å². The highest BCUT2D eigenvalue weighted by Crippen LogP contribution is 2.04. The van der Waals surface area contributed by atoms with Gasteiger partial charge in [-0.1, -0.05) is 0 Å². The van der Waals surface area contributed by atoms with Gasteiger partial charge in [0.1, 0.15) is 0 Å². The number of nitrogens with zero attached hydrogens (tertiary/aromatic N) is 2. The molecular formula is C4H3BrN2O2. The molecule has 0 amide bonds. The molecule has 1 heterocycles. The fraction of sp³-hybridized carbons (Fsp3) is 0. The summed E-state index contributed by atoms with van der Waals surface area (Å²) in [5, 5.41) is 8.35. The lowest BCUT2D eigenvalue weighted by molar-refractivity contribution is 0.195. The average Bonchev–Trinajstić information content (AvgIpc) is 2.13. The van der Waals surface area contributed by atoms with E-state index in [0.29, 0.717) is 4.73 Å². The van der Waals surface area contributed by atoms with Crippen LogP contribution in [-0.4, -0.2) is 20.8 Å². The molecule has 4 nitrogen and oxygen atoms in total. The van der Waals surface area contributed by atoms with E-state index >= 15 is 0 Å². The first kappa shape index (κ1) is 6.28. The summed E-state index contributed by atoms with van der Waals surface area (Å²) in [5.74, 6) is 0. The van der Waals surface area contributed by atoms with Crippen molar-refractivity contribution in [2.24, 2.45) is 0 Å². The topological polar surface area (TPSA) is 55.1 Å². The third kappa shape index (κ3) is 1.10. The Morgan fingerprint density at radius 3 is 2.78 bits per heavy atom. The quantitative estimate of drug-likeness (QED) is 0.669. The zero-order chi connectivity index (χ0) is 6.85. The van der Waals surface area contributed by atoms with Crippen molar-refractivity contribution in [3.8, 4) is 0 Å². The minimum atomic E-state index is -1.04. The number of hydrogen-bond acceptors (Lipinski definition) is 2. The molecule has 1 aromatic rings. The van der Waals surface area contributed by atoms with E-state index < -0.39 is 6.09 Å². The Morgan fingerprint density at radius 2 is 2.56 bits per heavy atom. The van der Waals surface area contributed by atoms with Crippen molar-refractivity contribution in [3.63, 3.8) is 0 Å². The number of carboxylic acid groups (broad SMARTS) is 1. The van der Waals surface area contributed by atoms with Crippen molar-refractivity contribution in [1.82, 2.24) is 9.55 Å².